The number of benzene rings is 1. The maximum atomic E-state index is 13.1. The molecule has 0 saturated carbocycles. The zero-order chi connectivity index (χ0) is 13.4. The fraction of sp³-hybridized carbons (Fsp3) is 0.267. The third kappa shape index (κ3) is 2.40. The molecule has 2 heterocycles. The molecule has 0 bridgehead atoms. The van der Waals surface area contributed by atoms with Crippen LogP contribution >= 0.6 is 11.3 Å². The van der Waals surface area contributed by atoms with Crippen LogP contribution in [-0.4, -0.2) is 9.55 Å². The Morgan fingerprint density at radius 3 is 2.89 bits per heavy atom. The van der Waals surface area contributed by atoms with Crippen molar-refractivity contribution in [3.05, 3.63) is 52.4 Å². The second-order valence-electron chi connectivity index (χ2n) is 4.98. The Bertz CT molecular complexity index is 712. The molecule has 0 fully saturated rings. The molecule has 4 heteroatoms. The number of aromatic nitrogens is 2. The second kappa shape index (κ2) is 4.78. The predicted molar refractivity (Wildman–Crippen MR) is 77.2 cm³/mol. The van der Waals surface area contributed by atoms with Crippen molar-refractivity contribution in [2.45, 2.75) is 26.3 Å². The molecular formula is C15H15FN2S. The Morgan fingerprint density at radius 2 is 2.16 bits per heavy atom. The highest BCUT2D eigenvalue weighted by atomic mass is 32.1. The number of hydrogen-bond acceptors (Lipinski definition) is 2. The van der Waals surface area contributed by atoms with Gasteiger partial charge in [-0.15, -0.1) is 11.3 Å². The second-order valence-corrected chi connectivity index (χ2v) is 5.87. The molecule has 3 rings (SSSR count). The molecule has 0 amide bonds. The van der Waals surface area contributed by atoms with E-state index in [4.69, 9.17) is 0 Å². The van der Waals surface area contributed by atoms with Gasteiger partial charge in [-0.3, -0.25) is 0 Å². The zero-order valence-corrected chi connectivity index (χ0v) is 11.7. The summed E-state index contributed by atoms with van der Waals surface area (Å²) in [5.41, 5.74) is 2.11. The lowest BCUT2D eigenvalue weighted by molar-refractivity contribution is 0.629. The van der Waals surface area contributed by atoms with E-state index < -0.39 is 0 Å². The van der Waals surface area contributed by atoms with Crippen LogP contribution in [-0.2, 0) is 6.54 Å². The Labute approximate surface area is 115 Å². The van der Waals surface area contributed by atoms with Crippen molar-refractivity contribution in [3.8, 4) is 0 Å². The highest BCUT2D eigenvalue weighted by Crippen LogP contribution is 2.22. The van der Waals surface area contributed by atoms with E-state index in [1.165, 1.54) is 6.07 Å². The lowest BCUT2D eigenvalue weighted by Crippen LogP contribution is -1.98. The molecule has 0 saturated heterocycles. The standard InChI is InChI=1S/C15H15FN2S/c1-10(2)15-17-13(9-19-15)8-18-6-5-11-7-12(16)3-4-14(11)18/h3-7,9-10H,8H2,1-2H3. The van der Waals surface area contributed by atoms with Gasteiger partial charge in [-0.05, 0) is 24.3 Å². The van der Waals surface area contributed by atoms with E-state index in [0.29, 0.717) is 5.92 Å². The van der Waals surface area contributed by atoms with E-state index in [0.717, 1.165) is 28.1 Å². The quantitative estimate of drug-likeness (QED) is 0.692. The van der Waals surface area contributed by atoms with Gasteiger partial charge in [0.2, 0.25) is 0 Å². The van der Waals surface area contributed by atoms with Crippen molar-refractivity contribution in [2.75, 3.05) is 0 Å². The van der Waals surface area contributed by atoms with E-state index in [9.17, 15) is 4.39 Å². The van der Waals surface area contributed by atoms with Gasteiger partial charge in [-0.25, -0.2) is 9.37 Å². The maximum Gasteiger partial charge on any atom is 0.123 e. The summed E-state index contributed by atoms with van der Waals surface area (Å²) in [7, 11) is 0. The Kier molecular flexibility index (Phi) is 3.11. The third-order valence-electron chi connectivity index (χ3n) is 3.13. The first-order valence-electron chi connectivity index (χ1n) is 6.32. The van der Waals surface area contributed by atoms with Crippen molar-refractivity contribution >= 4 is 22.2 Å². The van der Waals surface area contributed by atoms with Gasteiger partial charge in [-0.1, -0.05) is 13.8 Å². The zero-order valence-electron chi connectivity index (χ0n) is 10.9. The number of hydrogen-bond donors (Lipinski definition) is 0. The summed E-state index contributed by atoms with van der Waals surface area (Å²) < 4.78 is 15.3. The first kappa shape index (κ1) is 12.4. The highest BCUT2D eigenvalue weighted by molar-refractivity contribution is 7.09. The molecule has 0 aliphatic carbocycles. The minimum absolute atomic E-state index is 0.194. The van der Waals surface area contributed by atoms with Gasteiger partial charge in [0, 0.05) is 28.4 Å². The minimum Gasteiger partial charge on any atom is -0.341 e. The van der Waals surface area contributed by atoms with Gasteiger partial charge in [0.15, 0.2) is 0 Å². The monoisotopic (exact) mass is 274 g/mol. The molecule has 98 valence electrons. The van der Waals surface area contributed by atoms with Crippen LogP contribution in [0.25, 0.3) is 10.9 Å². The molecule has 0 radical (unpaired) electrons. The fourth-order valence-corrected chi connectivity index (χ4v) is 2.97. The molecule has 2 aromatic heterocycles. The molecule has 19 heavy (non-hydrogen) atoms. The SMILES string of the molecule is CC(C)c1nc(Cn2ccc3cc(F)ccc32)cs1. The summed E-state index contributed by atoms with van der Waals surface area (Å²) in [4.78, 5) is 4.63. The van der Waals surface area contributed by atoms with Gasteiger partial charge in [0.1, 0.15) is 5.82 Å². The van der Waals surface area contributed by atoms with Gasteiger partial charge in [0.05, 0.1) is 17.2 Å². The van der Waals surface area contributed by atoms with E-state index in [2.05, 4.69) is 28.8 Å². The summed E-state index contributed by atoms with van der Waals surface area (Å²) in [6, 6.07) is 6.82. The van der Waals surface area contributed by atoms with Crippen LogP contribution in [0.3, 0.4) is 0 Å². The molecule has 0 unspecified atom stereocenters. The van der Waals surface area contributed by atoms with E-state index >= 15 is 0 Å². The van der Waals surface area contributed by atoms with E-state index in [-0.39, 0.29) is 5.82 Å². The minimum atomic E-state index is -0.194. The molecule has 1 aromatic carbocycles. The average molecular weight is 274 g/mol. The van der Waals surface area contributed by atoms with Gasteiger partial charge in [0.25, 0.3) is 0 Å². The Hall–Kier alpha value is -1.68. The normalized spacial score (nSPS) is 11.6. The molecule has 0 N–H and O–H groups in total. The van der Waals surface area contributed by atoms with Gasteiger partial charge in [-0.2, -0.15) is 0 Å². The molecule has 0 spiro atoms. The smallest absolute Gasteiger partial charge is 0.123 e. The van der Waals surface area contributed by atoms with Crippen molar-refractivity contribution in [3.63, 3.8) is 0 Å². The molecule has 0 atom stereocenters. The Morgan fingerprint density at radius 1 is 1.32 bits per heavy atom. The van der Waals surface area contributed by atoms with Gasteiger partial charge >= 0.3 is 0 Å². The first-order chi connectivity index (χ1) is 9.13. The van der Waals surface area contributed by atoms with Crippen LogP contribution in [0.5, 0.6) is 0 Å². The largest absolute Gasteiger partial charge is 0.341 e. The van der Waals surface area contributed by atoms with Crippen molar-refractivity contribution < 1.29 is 4.39 Å². The molecule has 2 nitrogen and oxygen atoms in total. The van der Waals surface area contributed by atoms with Crippen LogP contribution in [0.4, 0.5) is 4.39 Å². The third-order valence-corrected chi connectivity index (χ3v) is 4.32. The first-order valence-corrected chi connectivity index (χ1v) is 7.20. The summed E-state index contributed by atoms with van der Waals surface area (Å²) >= 11 is 1.70. The van der Waals surface area contributed by atoms with Crippen molar-refractivity contribution in [1.82, 2.24) is 9.55 Å². The van der Waals surface area contributed by atoms with Crippen molar-refractivity contribution in [1.29, 1.82) is 0 Å². The number of thiazole rings is 1. The van der Waals surface area contributed by atoms with Crippen molar-refractivity contribution in [2.24, 2.45) is 0 Å². The van der Waals surface area contributed by atoms with Crippen LogP contribution < -0.4 is 0 Å². The summed E-state index contributed by atoms with van der Waals surface area (Å²) in [6.45, 7) is 5.03. The molecular weight excluding hydrogens is 259 g/mol. The fourth-order valence-electron chi connectivity index (χ4n) is 2.14. The van der Waals surface area contributed by atoms with Crippen LogP contribution in [0, 0.1) is 5.82 Å². The number of rotatable bonds is 3. The highest BCUT2D eigenvalue weighted by Gasteiger charge is 2.08. The summed E-state index contributed by atoms with van der Waals surface area (Å²) in [5, 5.41) is 4.20. The average Bonchev–Trinajstić information content (AvgIpc) is 2.97. The Balaban J connectivity index is 1.92. The number of halogens is 1. The number of nitrogens with zero attached hydrogens (tertiary/aromatic N) is 2. The predicted octanol–water partition coefficient (Wildman–Crippen LogP) is 4.41. The summed E-state index contributed by atoms with van der Waals surface area (Å²) in [5.74, 6) is 0.273. The van der Waals surface area contributed by atoms with Crippen LogP contribution in [0.2, 0.25) is 0 Å². The molecule has 0 aliphatic heterocycles. The summed E-state index contributed by atoms with van der Waals surface area (Å²) in [6.07, 6.45) is 1.98. The molecule has 3 aromatic rings. The van der Waals surface area contributed by atoms with E-state index in [1.807, 2.05) is 18.3 Å². The van der Waals surface area contributed by atoms with Gasteiger partial charge < -0.3 is 4.57 Å². The van der Waals surface area contributed by atoms with Crippen LogP contribution in [0.1, 0.15) is 30.5 Å². The van der Waals surface area contributed by atoms with E-state index in [1.54, 1.807) is 17.4 Å². The lowest BCUT2D eigenvalue weighted by Gasteiger charge is -2.03. The maximum absolute atomic E-state index is 13.1. The molecule has 0 aliphatic rings. The lowest BCUT2D eigenvalue weighted by atomic mass is 10.2. The van der Waals surface area contributed by atoms with Crippen LogP contribution in [0.15, 0.2) is 35.8 Å². The topological polar surface area (TPSA) is 17.8 Å². The number of fused-ring (bicyclic) bond motifs is 1.